The Morgan fingerprint density at radius 2 is 2.00 bits per heavy atom. The molecule has 2 N–H and O–H groups in total. The highest BCUT2D eigenvalue weighted by molar-refractivity contribution is 5.70. The number of carboxylic acids is 1. The van der Waals surface area contributed by atoms with E-state index in [1.807, 2.05) is 0 Å². The molecule has 0 aromatic heterocycles. The fourth-order valence-corrected chi connectivity index (χ4v) is 1.35. The van der Waals surface area contributed by atoms with Crippen molar-refractivity contribution in [3.8, 4) is 0 Å². The third kappa shape index (κ3) is 2.58. The summed E-state index contributed by atoms with van der Waals surface area (Å²) >= 11 is 0. The second-order valence-corrected chi connectivity index (χ2v) is 3.11. The van der Waals surface area contributed by atoms with E-state index in [1.165, 1.54) is 0 Å². The average Bonchev–Trinajstić information content (AvgIpc) is 2.03. The highest BCUT2D eigenvalue weighted by Crippen LogP contribution is 2.27. The van der Waals surface area contributed by atoms with Gasteiger partial charge in [-0.3, -0.25) is 4.79 Å². The molecule has 3 nitrogen and oxygen atoms in total. The van der Waals surface area contributed by atoms with Gasteiger partial charge in [0.15, 0.2) is 0 Å². The van der Waals surface area contributed by atoms with E-state index in [-0.39, 0.29) is 19.4 Å². The highest BCUT2D eigenvalue weighted by atomic mass is 19.4. The first-order chi connectivity index (χ1) is 5.91. The minimum atomic E-state index is -4.26. The van der Waals surface area contributed by atoms with Crippen molar-refractivity contribution in [3.63, 3.8) is 0 Å². The Morgan fingerprint density at radius 3 is 2.31 bits per heavy atom. The number of hydrogen-bond donors (Lipinski definition) is 2. The first kappa shape index (κ1) is 10.3. The number of piperidine rings is 1. The summed E-state index contributed by atoms with van der Waals surface area (Å²) in [5, 5.41) is 10.7. The molecule has 76 valence electrons. The van der Waals surface area contributed by atoms with Gasteiger partial charge in [0.1, 0.15) is 6.04 Å². The number of hydrogen-bond acceptors (Lipinski definition) is 2. The molecule has 1 aliphatic rings. The van der Waals surface area contributed by atoms with Gasteiger partial charge in [-0.25, -0.2) is 0 Å². The fraction of sp³-hybridized carbons (Fsp3) is 0.857. The zero-order chi connectivity index (χ0) is 10.1. The van der Waals surface area contributed by atoms with Crippen molar-refractivity contribution in [1.82, 2.24) is 5.32 Å². The minimum absolute atomic E-state index is 0.0898. The van der Waals surface area contributed by atoms with Gasteiger partial charge in [0.25, 0.3) is 0 Å². The maximum atomic E-state index is 12.1. The molecule has 0 aromatic rings. The molecule has 1 rings (SSSR count). The van der Waals surface area contributed by atoms with Crippen molar-refractivity contribution in [2.45, 2.75) is 25.1 Å². The third-order valence-corrected chi connectivity index (χ3v) is 2.16. The number of rotatable bonds is 1. The van der Waals surface area contributed by atoms with E-state index < -0.39 is 24.1 Å². The summed E-state index contributed by atoms with van der Waals surface area (Å²) < 4.78 is 36.2. The Hall–Kier alpha value is -0.780. The number of carbonyl (C=O) groups is 1. The van der Waals surface area contributed by atoms with Gasteiger partial charge in [0, 0.05) is 6.54 Å². The predicted octanol–water partition coefficient (Wildman–Crippen LogP) is 1.00. The molecule has 1 fully saturated rings. The standard InChI is InChI=1S/C7H10F3NO2/c8-7(9,10)5-2-1-4(3-11-5)6(12)13/h4-5,11H,1-3H2,(H,12,13)/t4-,5-/m1/s1. The van der Waals surface area contributed by atoms with Crippen LogP contribution in [0.4, 0.5) is 13.2 Å². The maximum absolute atomic E-state index is 12.1. The predicted molar refractivity (Wildman–Crippen MR) is 38.2 cm³/mol. The summed E-state index contributed by atoms with van der Waals surface area (Å²) in [5.74, 6) is -1.72. The van der Waals surface area contributed by atoms with Crippen molar-refractivity contribution in [2.75, 3.05) is 6.54 Å². The molecule has 1 heterocycles. The van der Waals surface area contributed by atoms with Crippen LogP contribution in [0.25, 0.3) is 0 Å². The molecule has 0 bridgehead atoms. The van der Waals surface area contributed by atoms with E-state index >= 15 is 0 Å². The second kappa shape index (κ2) is 3.53. The van der Waals surface area contributed by atoms with Gasteiger partial charge in [0.05, 0.1) is 5.92 Å². The number of alkyl halides is 3. The summed E-state index contributed by atoms with van der Waals surface area (Å²) in [6, 6.07) is -1.54. The van der Waals surface area contributed by atoms with Crippen molar-refractivity contribution in [3.05, 3.63) is 0 Å². The average molecular weight is 197 g/mol. The van der Waals surface area contributed by atoms with Gasteiger partial charge in [-0.05, 0) is 12.8 Å². The number of carboxylic acid groups (broad SMARTS) is 1. The Morgan fingerprint density at radius 1 is 1.38 bits per heavy atom. The molecular formula is C7H10F3NO2. The molecule has 13 heavy (non-hydrogen) atoms. The minimum Gasteiger partial charge on any atom is -0.481 e. The lowest BCUT2D eigenvalue weighted by atomic mass is 9.95. The zero-order valence-electron chi connectivity index (χ0n) is 6.77. The molecule has 6 heteroatoms. The Labute approximate surface area is 72.9 Å². The van der Waals surface area contributed by atoms with Crippen LogP contribution >= 0.6 is 0 Å². The molecule has 0 radical (unpaired) electrons. The summed E-state index contributed by atoms with van der Waals surface area (Å²) in [5.41, 5.74) is 0. The fourth-order valence-electron chi connectivity index (χ4n) is 1.35. The topological polar surface area (TPSA) is 49.3 Å². The van der Waals surface area contributed by atoms with Crippen LogP contribution in [-0.4, -0.2) is 29.8 Å². The molecule has 0 aromatic carbocycles. The normalized spacial score (nSPS) is 30.1. The zero-order valence-corrected chi connectivity index (χ0v) is 6.77. The molecule has 0 unspecified atom stereocenters. The summed E-state index contributed by atoms with van der Waals surface area (Å²) in [4.78, 5) is 10.4. The number of halogens is 3. The van der Waals surface area contributed by atoms with E-state index in [9.17, 15) is 18.0 Å². The van der Waals surface area contributed by atoms with Crippen LogP contribution in [0.1, 0.15) is 12.8 Å². The number of aliphatic carboxylic acids is 1. The van der Waals surface area contributed by atoms with Gasteiger partial charge >= 0.3 is 12.1 Å². The van der Waals surface area contributed by atoms with Crippen molar-refractivity contribution in [1.29, 1.82) is 0 Å². The number of nitrogens with one attached hydrogen (secondary N) is 1. The van der Waals surface area contributed by atoms with Crippen LogP contribution in [0.2, 0.25) is 0 Å². The van der Waals surface area contributed by atoms with Crippen molar-refractivity contribution >= 4 is 5.97 Å². The van der Waals surface area contributed by atoms with Crippen molar-refractivity contribution in [2.24, 2.45) is 5.92 Å². The molecule has 0 aliphatic carbocycles. The molecule has 0 amide bonds. The lowest BCUT2D eigenvalue weighted by Crippen LogP contribution is -2.49. The molecule has 2 atom stereocenters. The second-order valence-electron chi connectivity index (χ2n) is 3.11. The van der Waals surface area contributed by atoms with Gasteiger partial charge in [-0.15, -0.1) is 0 Å². The van der Waals surface area contributed by atoms with Crippen molar-refractivity contribution < 1.29 is 23.1 Å². The monoisotopic (exact) mass is 197 g/mol. The first-order valence-electron chi connectivity index (χ1n) is 3.94. The van der Waals surface area contributed by atoms with E-state index in [0.717, 1.165) is 0 Å². The van der Waals surface area contributed by atoms with Gasteiger partial charge in [0.2, 0.25) is 0 Å². The highest BCUT2D eigenvalue weighted by Gasteiger charge is 2.42. The molecule has 0 spiro atoms. The van der Waals surface area contributed by atoms with Gasteiger partial charge in [-0.1, -0.05) is 0 Å². The first-order valence-corrected chi connectivity index (χ1v) is 3.94. The van der Waals surface area contributed by atoms with Crippen LogP contribution in [-0.2, 0) is 4.79 Å². The SMILES string of the molecule is O=C(O)[C@@H]1CC[C@H](C(F)(F)F)NC1. The van der Waals surface area contributed by atoms with E-state index in [4.69, 9.17) is 5.11 Å². The third-order valence-electron chi connectivity index (χ3n) is 2.16. The maximum Gasteiger partial charge on any atom is 0.403 e. The van der Waals surface area contributed by atoms with E-state index in [1.54, 1.807) is 0 Å². The van der Waals surface area contributed by atoms with Crippen LogP contribution in [0.3, 0.4) is 0 Å². The Balaban J connectivity index is 2.44. The molecule has 1 aliphatic heterocycles. The van der Waals surface area contributed by atoms with Gasteiger partial charge < -0.3 is 10.4 Å². The Kier molecular flexibility index (Phi) is 2.80. The van der Waals surface area contributed by atoms with Gasteiger partial charge in [-0.2, -0.15) is 13.2 Å². The van der Waals surface area contributed by atoms with Crippen LogP contribution in [0.5, 0.6) is 0 Å². The van der Waals surface area contributed by atoms with E-state index in [0.29, 0.717) is 0 Å². The summed E-state index contributed by atoms with van der Waals surface area (Å²) in [6.07, 6.45) is -4.32. The van der Waals surface area contributed by atoms with E-state index in [2.05, 4.69) is 5.32 Å². The Bertz CT molecular complexity index is 196. The lowest BCUT2D eigenvalue weighted by molar-refractivity contribution is -0.166. The quantitative estimate of drug-likeness (QED) is 0.659. The van der Waals surface area contributed by atoms with Crippen LogP contribution < -0.4 is 5.32 Å². The summed E-state index contributed by atoms with van der Waals surface area (Å²) in [6.45, 7) is -0.0977. The largest absolute Gasteiger partial charge is 0.481 e. The van der Waals surface area contributed by atoms with Crippen LogP contribution in [0, 0.1) is 5.92 Å². The smallest absolute Gasteiger partial charge is 0.403 e. The lowest BCUT2D eigenvalue weighted by Gasteiger charge is -2.28. The summed E-state index contributed by atoms with van der Waals surface area (Å²) in [7, 11) is 0. The molecule has 1 saturated heterocycles. The molecular weight excluding hydrogens is 187 g/mol. The van der Waals surface area contributed by atoms with Crippen LogP contribution in [0.15, 0.2) is 0 Å². The molecule has 0 saturated carbocycles.